The van der Waals surface area contributed by atoms with Gasteiger partial charge >= 0.3 is 0 Å². The summed E-state index contributed by atoms with van der Waals surface area (Å²) < 4.78 is 6.94. The number of rotatable bonds is 2. The summed E-state index contributed by atoms with van der Waals surface area (Å²) in [5.74, 6) is 0.816. The van der Waals surface area contributed by atoms with Gasteiger partial charge in [-0.1, -0.05) is 12.1 Å². The first kappa shape index (κ1) is 11.5. The number of benzene rings is 1. The third-order valence-corrected chi connectivity index (χ3v) is 2.88. The number of nitrogens with two attached hydrogens (primary N) is 1. The molecule has 2 heterocycles. The lowest BCUT2D eigenvalue weighted by molar-refractivity contribution is -0.119. The van der Waals surface area contributed by atoms with Crippen molar-refractivity contribution in [2.24, 2.45) is 0 Å². The molecule has 0 radical (unpaired) electrons. The number of carbonyl (C=O) groups excluding carboxylic acids is 1. The van der Waals surface area contributed by atoms with E-state index in [0.29, 0.717) is 13.2 Å². The van der Waals surface area contributed by atoms with Crippen LogP contribution in [0, 0.1) is 0 Å². The topological polar surface area (TPSA) is 86.3 Å². The van der Waals surface area contributed by atoms with Crippen LogP contribution in [0.15, 0.2) is 30.6 Å². The summed E-state index contributed by atoms with van der Waals surface area (Å²) >= 11 is 0. The second-order valence-electron chi connectivity index (χ2n) is 4.16. The van der Waals surface area contributed by atoms with E-state index in [1.807, 2.05) is 24.3 Å². The number of hydrogen-bond acceptors (Lipinski definition) is 5. The molecule has 98 valence electrons. The van der Waals surface area contributed by atoms with Gasteiger partial charge in [0, 0.05) is 0 Å². The molecule has 1 amide bonds. The summed E-state index contributed by atoms with van der Waals surface area (Å²) in [6.07, 6.45) is 1.44. The molecule has 0 bridgehead atoms. The van der Waals surface area contributed by atoms with E-state index in [1.54, 1.807) is 4.90 Å². The molecule has 2 N–H and O–H groups in total. The molecule has 0 aliphatic carbocycles. The van der Waals surface area contributed by atoms with Crippen LogP contribution in [0.25, 0.3) is 0 Å². The van der Waals surface area contributed by atoms with Gasteiger partial charge in [0.05, 0.1) is 12.2 Å². The third kappa shape index (κ3) is 2.22. The van der Waals surface area contributed by atoms with Crippen LogP contribution in [0.5, 0.6) is 5.75 Å². The number of aromatic nitrogens is 3. The van der Waals surface area contributed by atoms with Crippen molar-refractivity contribution >= 4 is 17.5 Å². The van der Waals surface area contributed by atoms with Gasteiger partial charge in [0.2, 0.25) is 11.9 Å². The summed E-state index contributed by atoms with van der Waals surface area (Å²) in [6.45, 7) is 1.13. The van der Waals surface area contributed by atoms with E-state index in [9.17, 15) is 4.79 Å². The molecule has 0 unspecified atom stereocenters. The Labute approximate surface area is 109 Å². The maximum Gasteiger partial charge on any atom is 0.249 e. The second kappa shape index (κ2) is 4.60. The fourth-order valence-electron chi connectivity index (χ4n) is 2.04. The average Bonchev–Trinajstić information content (AvgIpc) is 2.83. The normalized spacial score (nSPS) is 13.8. The lowest BCUT2D eigenvalue weighted by Crippen LogP contribution is -2.39. The Bertz CT molecular complexity index is 610. The van der Waals surface area contributed by atoms with Crippen LogP contribution in [0.4, 0.5) is 11.6 Å². The van der Waals surface area contributed by atoms with Crippen molar-refractivity contribution in [3.05, 3.63) is 30.6 Å². The molecule has 0 atom stereocenters. The first-order chi connectivity index (χ1) is 9.24. The molecule has 0 saturated heterocycles. The Balaban J connectivity index is 1.81. The zero-order valence-corrected chi connectivity index (χ0v) is 10.2. The van der Waals surface area contributed by atoms with Crippen LogP contribution >= 0.6 is 0 Å². The van der Waals surface area contributed by atoms with Crippen LogP contribution in [0.1, 0.15) is 0 Å². The van der Waals surface area contributed by atoms with Crippen LogP contribution in [0.3, 0.4) is 0 Å². The van der Waals surface area contributed by atoms with Gasteiger partial charge in [-0.25, -0.2) is 9.67 Å². The Kier molecular flexibility index (Phi) is 2.79. The number of para-hydroxylation sites is 2. The molecule has 1 aromatic carbocycles. The Morgan fingerprint density at radius 3 is 3.05 bits per heavy atom. The first-order valence-electron chi connectivity index (χ1n) is 5.91. The SMILES string of the molecule is Nc1ncn(CC(=O)N2CCOc3ccccc32)n1. The van der Waals surface area contributed by atoms with Crippen LogP contribution in [-0.2, 0) is 11.3 Å². The quantitative estimate of drug-likeness (QED) is 0.837. The van der Waals surface area contributed by atoms with Gasteiger partial charge in [-0.05, 0) is 12.1 Å². The zero-order chi connectivity index (χ0) is 13.2. The molecule has 7 nitrogen and oxygen atoms in total. The molecule has 0 fully saturated rings. The average molecular weight is 259 g/mol. The number of hydrogen-bond donors (Lipinski definition) is 1. The second-order valence-corrected chi connectivity index (χ2v) is 4.16. The molecule has 0 spiro atoms. The van der Waals surface area contributed by atoms with Gasteiger partial charge in [0.15, 0.2) is 0 Å². The molecule has 7 heteroatoms. The van der Waals surface area contributed by atoms with Crippen LogP contribution < -0.4 is 15.4 Å². The third-order valence-electron chi connectivity index (χ3n) is 2.88. The Morgan fingerprint density at radius 1 is 1.42 bits per heavy atom. The molecule has 0 saturated carbocycles. The number of amides is 1. The highest BCUT2D eigenvalue weighted by Crippen LogP contribution is 2.30. The summed E-state index contributed by atoms with van der Waals surface area (Å²) in [6, 6.07) is 7.47. The fraction of sp³-hybridized carbons (Fsp3) is 0.250. The van der Waals surface area contributed by atoms with E-state index in [-0.39, 0.29) is 18.4 Å². The number of nitrogen functional groups attached to an aromatic ring is 1. The highest BCUT2D eigenvalue weighted by Gasteiger charge is 2.23. The largest absolute Gasteiger partial charge is 0.490 e. The number of ether oxygens (including phenoxy) is 1. The molecular weight excluding hydrogens is 246 g/mol. The van der Waals surface area contributed by atoms with Gasteiger partial charge in [0.1, 0.15) is 25.2 Å². The van der Waals surface area contributed by atoms with E-state index in [1.165, 1.54) is 11.0 Å². The molecule has 1 aliphatic rings. The molecule has 1 aromatic heterocycles. The summed E-state index contributed by atoms with van der Waals surface area (Å²) in [5.41, 5.74) is 6.21. The molecular formula is C12H13N5O2. The van der Waals surface area contributed by atoms with Crippen molar-refractivity contribution in [1.82, 2.24) is 14.8 Å². The van der Waals surface area contributed by atoms with Crippen molar-refractivity contribution in [2.75, 3.05) is 23.8 Å². The molecule has 3 rings (SSSR count). The highest BCUT2D eigenvalue weighted by atomic mass is 16.5. The molecule has 1 aliphatic heterocycles. The predicted octanol–water partition coefficient (Wildman–Crippen LogP) is 0.286. The maximum atomic E-state index is 12.3. The van der Waals surface area contributed by atoms with Crippen molar-refractivity contribution in [1.29, 1.82) is 0 Å². The number of fused-ring (bicyclic) bond motifs is 1. The van der Waals surface area contributed by atoms with E-state index in [0.717, 1.165) is 11.4 Å². The van der Waals surface area contributed by atoms with Gasteiger partial charge in [-0.3, -0.25) is 4.79 Å². The summed E-state index contributed by atoms with van der Waals surface area (Å²) in [4.78, 5) is 17.8. The monoisotopic (exact) mass is 259 g/mol. The van der Waals surface area contributed by atoms with Gasteiger partial charge in [-0.2, -0.15) is 0 Å². The van der Waals surface area contributed by atoms with E-state index in [2.05, 4.69) is 10.1 Å². The lowest BCUT2D eigenvalue weighted by atomic mass is 10.2. The van der Waals surface area contributed by atoms with Crippen molar-refractivity contribution in [3.63, 3.8) is 0 Å². The number of anilines is 2. The number of nitrogens with zero attached hydrogens (tertiary/aromatic N) is 4. The minimum atomic E-state index is -0.0688. The van der Waals surface area contributed by atoms with Crippen molar-refractivity contribution < 1.29 is 9.53 Å². The van der Waals surface area contributed by atoms with Crippen molar-refractivity contribution in [3.8, 4) is 5.75 Å². The minimum absolute atomic E-state index is 0.0688. The van der Waals surface area contributed by atoms with Crippen LogP contribution in [0.2, 0.25) is 0 Å². The molecule has 19 heavy (non-hydrogen) atoms. The first-order valence-corrected chi connectivity index (χ1v) is 5.91. The van der Waals surface area contributed by atoms with Crippen molar-refractivity contribution in [2.45, 2.75) is 6.54 Å². The van der Waals surface area contributed by atoms with E-state index < -0.39 is 0 Å². The number of carbonyl (C=O) groups is 1. The summed E-state index contributed by atoms with van der Waals surface area (Å²) in [5, 5.41) is 3.91. The highest BCUT2D eigenvalue weighted by molar-refractivity contribution is 5.95. The predicted molar refractivity (Wildman–Crippen MR) is 68.7 cm³/mol. The Hall–Kier alpha value is -2.57. The maximum absolute atomic E-state index is 12.3. The van der Waals surface area contributed by atoms with Gasteiger partial charge < -0.3 is 15.4 Å². The lowest BCUT2D eigenvalue weighted by Gasteiger charge is -2.29. The van der Waals surface area contributed by atoms with Gasteiger partial charge in [0.25, 0.3) is 0 Å². The fourth-order valence-corrected chi connectivity index (χ4v) is 2.04. The van der Waals surface area contributed by atoms with E-state index in [4.69, 9.17) is 10.5 Å². The molecule has 2 aromatic rings. The minimum Gasteiger partial charge on any atom is -0.490 e. The zero-order valence-electron chi connectivity index (χ0n) is 10.2. The standard InChI is InChI=1S/C12H13N5O2/c13-12-14-8-16(15-12)7-11(18)17-5-6-19-10-4-2-1-3-9(10)17/h1-4,8H,5-7H2,(H2,13,15). The van der Waals surface area contributed by atoms with Gasteiger partial charge in [-0.15, -0.1) is 5.10 Å². The Morgan fingerprint density at radius 2 is 2.26 bits per heavy atom. The summed E-state index contributed by atoms with van der Waals surface area (Å²) in [7, 11) is 0. The smallest absolute Gasteiger partial charge is 0.249 e. The van der Waals surface area contributed by atoms with Crippen LogP contribution in [-0.4, -0.2) is 33.8 Å². The van der Waals surface area contributed by atoms with E-state index >= 15 is 0 Å².